The summed E-state index contributed by atoms with van der Waals surface area (Å²) in [5.41, 5.74) is 1.90. The minimum atomic E-state index is -0.871. The Morgan fingerprint density at radius 3 is 2.15 bits per heavy atom. The van der Waals surface area contributed by atoms with Crippen molar-refractivity contribution in [2.24, 2.45) is 11.8 Å². The fourth-order valence-corrected chi connectivity index (χ4v) is 4.11. The monoisotopic (exact) mass is 350 g/mol. The first-order valence-corrected chi connectivity index (χ1v) is 9.05. The summed E-state index contributed by atoms with van der Waals surface area (Å²) < 4.78 is 5.22. The average Bonchev–Trinajstić information content (AvgIpc) is 2.66. The van der Waals surface area contributed by atoms with Crippen LogP contribution in [0.5, 0.6) is 5.75 Å². The van der Waals surface area contributed by atoms with E-state index in [1.165, 1.54) is 5.56 Å². The molecule has 1 N–H and O–H groups in total. The van der Waals surface area contributed by atoms with Crippen LogP contribution >= 0.6 is 0 Å². The Morgan fingerprint density at radius 2 is 1.65 bits per heavy atom. The molecule has 0 saturated carbocycles. The average molecular weight is 350 g/mol. The topological polar surface area (TPSA) is 56.5 Å². The zero-order valence-corrected chi connectivity index (χ0v) is 15.6. The van der Waals surface area contributed by atoms with Gasteiger partial charge in [0, 0.05) is 31.5 Å². The van der Waals surface area contributed by atoms with E-state index in [0.717, 1.165) is 30.9 Å². The second-order valence-corrected chi connectivity index (χ2v) is 7.36. The van der Waals surface area contributed by atoms with Crippen LogP contribution in [0.4, 0.5) is 0 Å². The van der Waals surface area contributed by atoms with Gasteiger partial charge in [0.25, 0.3) is 0 Å². The lowest BCUT2D eigenvalue weighted by molar-refractivity contribution is -0.114. The zero-order chi connectivity index (χ0) is 18.7. The number of hydrogen-bond acceptors (Lipinski definition) is 4. The second-order valence-electron chi connectivity index (χ2n) is 7.36. The lowest BCUT2D eigenvalue weighted by atomic mass is 9.70. The summed E-state index contributed by atoms with van der Waals surface area (Å²) in [6, 6.07) is 17.7. The van der Waals surface area contributed by atoms with E-state index in [1.807, 2.05) is 24.3 Å². The van der Waals surface area contributed by atoms with Gasteiger partial charge in [-0.05, 0) is 35.4 Å². The minimum Gasteiger partial charge on any atom is -0.497 e. The number of hydrogen-bond donors (Lipinski definition) is 1. The predicted octanol–water partition coefficient (Wildman–Crippen LogP) is 3.54. The van der Waals surface area contributed by atoms with E-state index < -0.39 is 5.60 Å². The minimum absolute atomic E-state index is 0.0948. The van der Waals surface area contributed by atoms with Crippen molar-refractivity contribution in [3.05, 3.63) is 65.2 Å². The van der Waals surface area contributed by atoms with Crippen molar-refractivity contribution in [2.75, 3.05) is 20.2 Å². The predicted molar refractivity (Wildman–Crippen MR) is 102 cm³/mol. The third kappa shape index (κ3) is 3.46. The third-order valence-electron chi connectivity index (χ3n) is 5.61. The lowest BCUT2D eigenvalue weighted by Crippen LogP contribution is -2.54. The van der Waals surface area contributed by atoms with Crippen LogP contribution in [-0.2, 0) is 12.1 Å². The maximum atomic E-state index is 11.5. The van der Waals surface area contributed by atoms with Crippen LogP contribution in [0, 0.1) is 23.2 Å². The Kier molecular flexibility index (Phi) is 5.31. The highest BCUT2D eigenvalue weighted by atomic mass is 16.5. The molecular weight excluding hydrogens is 324 g/mol. The summed E-state index contributed by atoms with van der Waals surface area (Å²) in [5, 5.41) is 20.5. The molecule has 0 bridgehead atoms. The Morgan fingerprint density at radius 1 is 1.08 bits per heavy atom. The highest BCUT2D eigenvalue weighted by Gasteiger charge is 2.45. The smallest absolute Gasteiger partial charge is 0.118 e. The van der Waals surface area contributed by atoms with Gasteiger partial charge in [-0.25, -0.2) is 0 Å². The van der Waals surface area contributed by atoms with Crippen LogP contribution in [0.3, 0.4) is 0 Å². The summed E-state index contributed by atoms with van der Waals surface area (Å²) in [7, 11) is 1.67. The van der Waals surface area contributed by atoms with Gasteiger partial charge in [-0.3, -0.25) is 4.90 Å². The number of likely N-dealkylation sites (tertiary alicyclic amines) is 1. The van der Waals surface area contributed by atoms with Gasteiger partial charge in [-0.2, -0.15) is 5.26 Å². The summed E-state index contributed by atoms with van der Waals surface area (Å²) in [5.74, 6) is 1.05. The molecule has 26 heavy (non-hydrogen) atoms. The van der Waals surface area contributed by atoms with Crippen LogP contribution in [0.25, 0.3) is 0 Å². The number of piperidine rings is 1. The van der Waals surface area contributed by atoms with Gasteiger partial charge in [-0.15, -0.1) is 0 Å². The van der Waals surface area contributed by atoms with Crippen molar-refractivity contribution in [1.29, 1.82) is 5.26 Å². The van der Waals surface area contributed by atoms with Gasteiger partial charge < -0.3 is 9.84 Å². The number of nitriles is 1. The molecule has 3 rings (SSSR count). The lowest BCUT2D eigenvalue weighted by Gasteiger charge is -2.48. The fraction of sp³-hybridized carbons (Fsp3) is 0.409. The Labute approximate surface area is 155 Å². The molecule has 2 aromatic rings. The molecule has 2 aromatic carbocycles. The third-order valence-corrected chi connectivity index (χ3v) is 5.61. The number of methoxy groups -OCH3 is 1. The second kappa shape index (κ2) is 7.49. The maximum Gasteiger partial charge on any atom is 0.118 e. The highest BCUT2D eigenvalue weighted by molar-refractivity contribution is 5.35. The van der Waals surface area contributed by atoms with E-state index in [-0.39, 0.29) is 11.8 Å². The van der Waals surface area contributed by atoms with E-state index in [1.54, 1.807) is 19.2 Å². The number of aliphatic hydroxyl groups is 1. The van der Waals surface area contributed by atoms with Crippen LogP contribution in [0.2, 0.25) is 0 Å². The van der Waals surface area contributed by atoms with Crippen LogP contribution in [0.15, 0.2) is 48.5 Å². The van der Waals surface area contributed by atoms with Crippen molar-refractivity contribution in [3.63, 3.8) is 0 Å². The maximum absolute atomic E-state index is 11.5. The zero-order valence-electron chi connectivity index (χ0n) is 15.6. The molecule has 1 heterocycles. The van der Waals surface area contributed by atoms with Crippen LogP contribution in [0.1, 0.15) is 30.5 Å². The van der Waals surface area contributed by atoms with E-state index in [9.17, 15) is 5.11 Å². The molecule has 1 saturated heterocycles. The Bertz CT molecular complexity index is 765. The van der Waals surface area contributed by atoms with Gasteiger partial charge in [0.2, 0.25) is 0 Å². The molecule has 2 atom stereocenters. The van der Waals surface area contributed by atoms with Gasteiger partial charge >= 0.3 is 0 Å². The fourth-order valence-electron chi connectivity index (χ4n) is 4.11. The van der Waals surface area contributed by atoms with Crippen LogP contribution in [-0.4, -0.2) is 30.2 Å². The molecule has 4 heteroatoms. The first kappa shape index (κ1) is 18.4. The van der Waals surface area contributed by atoms with Crippen molar-refractivity contribution >= 4 is 0 Å². The number of nitrogens with zero attached hydrogens (tertiary/aromatic N) is 2. The van der Waals surface area contributed by atoms with E-state index >= 15 is 0 Å². The summed E-state index contributed by atoms with van der Waals surface area (Å²) in [4.78, 5) is 2.40. The molecule has 0 aliphatic carbocycles. The van der Waals surface area contributed by atoms with E-state index in [0.29, 0.717) is 5.56 Å². The molecular formula is C22H26N2O2. The summed E-state index contributed by atoms with van der Waals surface area (Å²) in [6.07, 6.45) is 0. The van der Waals surface area contributed by atoms with Gasteiger partial charge in [0.05, 0.1) is 24.3 Å². The first-order valence-electron chi connectivity index (χ1n) is 9.05. The van der Waals surface area contributed by atoms with Gasteiger partial charge in [0.1, 0.15) is 5.75 Å². The van der Waals surface area contributed by atoms with Gasteiger partial charge in [-0.1, -0.05) is 38.1 Å². The number of ether oxygens (including phenoxy) is 1. The molecule has 4 nitrogen and oxygen atoms in total. The molecule has 0 radical (unpaired) electrons. The molecule has 1 fully saturated rings. The number of benzene rings is 2. The Balaban J connectivity index is 1.74. The molecule has 1 aliphatic heterocycles. The summed E-state index contributed by atoms with van der Waals surface area (Å²) >= 11 is 0. The standard InChI is InChI=1S/C22H26N2O2/c1-16-13-24(15-19-6-10-21(26-3)11-7-19)14-17(2)22(16,25)20-8-4-18(12-23)5-9-20/h4-11,16-17,25H,13-15H2,1-3H3. The molecule has 0 spiro atoms. The molecule has 2 unspecified atom stereocenters. The molecule has 0 aromatic heterocycles. The SMILES string of the molecule is COc1ccc(CN2CC(C)C(O)(c3ccc(C#N)cc3)C(C)C2)cc1. The highest BCUT2D eigenvalue weighted by Crippen LogP contribution is 2.41. The van der Waals surface area contributed by atoms with Crippen molar-refractivity contribution in [2.45, 2.75) is 26.0 Å². The molecule has 0 amide bonds. The molecule has 1 aliphatic rings. The van der Waals surface area contributed by atoms with Crippen molar-refractivity contribution in [3.8, 4) is 11.8 Å². The normalized spacial score (nSPS) is 26.3. The van der Waals surface area contributed by atoms with Crippen molar-refractivity contribution in [1.82, 2.24) is 4.90 Å². The van der Waals surface area contributed by atoms with Gasteiger partial charge in [0.15, 0.2) is 0 Å². The van der Waals surface area contributed by atoms with E-state index in [4.69, 9.17) is 10.00 Å². The quantitative estimate of drug-likeness (QED) is 0.916. The number of rotatable bonds is 4. The summed E-state index contributed by atoms with van der Waals surface area (Å²) in [6.45, 7) is 6.73. The first-order chi connectivity index (χ1) is 12.5. The van der Waals surface area contributed by atoms with Crippen molar-refractivity contribution < 1.29 is 9.84 Å². The Hall–Kier alpha value is -2.35. The molecule has 136 valence electrons. The van der Waals surface area contributed by atoms with Crippen LogP contribution < -0.4 is 4.74 Å². The largest absolute Gasteiger partial charge is 0.497 e. The van der Waals surface area contributed by atoms with E-state index in [2.05, 4.69) is 36.9 Å².